The lowest BCUT2D eigenvalue weighted by Gasteiger charge is -2.28. The van der Waals surface area contributed by atoms with Crippen LogP contribution in [0.4, 0.5) is 0 Å². The predicted molar refractivity (Wildman–Crippen MR) is 71.3 cm³/mol. The van der Waals surface area contributed by atoms with Gasteiger partial charge >= 0.3 is 0 Å². The highest BCUT2D eigenvalue weighted by Gasteiger charge is 2.36. The SMILES string of the molecule is CCc1c(C2(N)CCCC2)cc2c(c1Cl)OCO2. The summed E-state index contributed by atoms with van der Waals surface area (Å²) in [4.78, 5) is 0. The van der Waals surface area contributed by atoms with Gasteiger partial charge in [0.2, 0.25) is 6.79 Å². The molecule has 1 aliphatic carbocycles. The average Bonchev–Trinajstić information content (AvgIpc) is 2.98. The van der Waals surface area contributed by atoms with Crippen molar-refractivity contribution in [3.63, 3.8) is 0 Å². The number of fused-ring (bicyclic) bond motifs is 1. The fraction of sp³-hybridized carbons (Fsp3) is 0.571. The molecule has 2 aliphatic rings. The van der Waals surface area contributed by atoms with Crippen LogP contribution in [0.25, 0.3) is 0 Å². The monoisotopic (exact) mass is 267 g/mol. The van der Waals surface area contributed by atoms with Crippen molar-refractivity contribution in [3.05, 3.63) is 22.2 Å². The molecule has 0 radical (unpaired) electrons. The molecule has 0 amide bonds. The largest absolute Gasteiger partial charge is 0.454 e. The summed E-state index contributed by atoms with van der Waals surface area (Å²) < 4.78 is 10.9. The Morgan fingerprint density at radius 2 is 2.06 bits per heavy atom. The van der Waals surface area contributed by atoms with Gasteiger partial charge in [0.1, 0.15) is 0 Å². The van der Waals surface area contributed by atoms with Gasteiger partial charge in [0.15, 0.2) is 11.5 Å². The van der Waals surface area contributed by atoms with E-state index in [4.69, 9.17) is 26.8 Å². The highest BCUT2D eigenvalue weighted by Crippen LogP contribution is 2.48. The van der Waals surface area contributed by atoms with E-state index in [1.165, 1.54) is 12.8 Å². The maximum Gasteiger partial charge on any atom is 0.231 e. The van der Waals surface area contributed by atoms with Crippen LogP contribution in [-0.4, -0.2) is 6.79 Å². The topological polar surface area (TPSA) is 44.5 Å². The van der Waals surface area contributed by atoms with Crippen molar-refractivity contribution >= 4 is 11.6 Å². The zero-order valence-corrected chi connectivity index (χ0v) is 11.3. The van der Waals surface area contributed by atoms with Gasteiger partial charge in [-0.25, -0.2) is 0 Å². The third kappa shape index (κ3) is 1.69. The highest BCUT2D eigenvalue weighted by molar-refractivity contribution is 6.33. The van der Waals surface area contributed by atoms with Crippen LogP contribution in [0.15, 0.2) is 6.07 Å². The second kappa shape index (κ2) is 4.32. The van der Waals surface area contributed by atoms with Gasteiger partial charge in [-0.2, -0.15) is 0 Å². The summed E-state index contributed by atoms with van der Waals surface area (Å²) in [5.41, 5.74) is 8.59. The summed E-state index contributed by atoms with van der Waals surface area (Å²) in [5.74, 6) is 1.42. The maximum atomic E-state index is 6.56. The second-order valence-corrected chi connectivity index (χ2v) is 5.55. The Balaban J connectivity index is 2.16. The van der Waals surface area contributed by atoms with Crippen LogP contribution in [0.3, 0.4) is 0 Å². The van der Waals surface area contributed by atoms with Crippen LogP contribution in [0.2, 0.25) is 5.02 Å². The Morgan fingerprint density at radius 3 is 2.72 bits per heavy atom. The van der Waals surface area contributed by atoms with Crippen LogP contribution >= 0.6 is 11.6 Å². The van der Waals surface area contributed by atoms with Crippen LogP contribution < -0.4 is 15.2 Å². The van der Waals surface area contributed by atoms with E-state index in [1.807, 2.05) is 6.07 Å². The molecule has 98 valence electrons. The van der Waals surface area contributed by atoms with Crippen LogP contribution in [0.1, 0.15) is 43.7 Å². The molecule has 0 saturated heterocycles. The van der Waals surface area contributed by atoms with Crippen molar-refractivity contribution in [2.24, 2.45) is 5.73 Å². The Hall–Kier alpha value is -0.930. The molecular weight excluding hydrogens is 250 g/mol. The molecule has 3 rings (SSSR count). The molecule has 2 N–H and O–H groups in total. The third-order valence-corrected chi connectivity index (χ3v) is 4.49. The molecule has 4 heteroatoms. The molecular formula is C14H18ClNO2. The number of benzene rings is 1. The van der Waals surface area contributed by atoms with Crippen molar-refractivity contribution in [3.8, 4) is 11.5 Å². The normalized spacial score (nSPS) is 20.4. The molecule has 1 aliphatic heterocycles. The number of ether oxygens (including phenoxy) is 2. The molecule has 1 saturated carbocycles. The quantitative estimate of drug-likeness (QED) is 0.894. The number of rotatable bonds is 2. The van der Waals surface area contributed by atoms with E-state index in [1.54, 1.807) is 0 Å². The summed E-state index contributed by atoms with van der Waals surface area (Å²) in [6.45, 7) is 2.35. The molecule has 3 nitrogen and oxygen atoms in total. The van der Waals surface area contributed by atoms with Gasteiger partial charge in [-0.05, 0) is 36.5 Å². The van der Waals surface area contributed by atoms with Crippen molar-refractivity contribution in [2.75, 3.05) is 6.79 Å². The third-order valence-electron chi connectivity index (χ3n) is 4.09. The highest BCUT2D eigenvalue weighted by atomic mass is 35.5. The lowest BCUT2D eigenvalue weighted by atomic mass is 9.84. The van der Waals surface area contributed by atoms with Gasteiger partial charge in [0.25, 0.3) is 0 Å². The van der Waals surface area contributed by atoms with Crippen LogP contribution in [0.5, 0.6) is 11.5 Å². The Morgan fingerprint density at radius 1 is 1.33 bits per heavy atom. The first-order valence-electron chi connectivity index (χ1n) is 6.56. The van der Waals surface area contributed by atoms with Crippen molar-refractivity contribution in [1.29, 1.82) is 0 Å². The van der Waals surface area contributed by atoms with Gasteiger partial charge in [-0.1, -0.05) is 31.4 Å². The summed E-state index contributed by atoms with van der Waals surface area (Å²) in [7, 11) is 0. The van der Waals surface area contributed by atoms with E-state index in [2.05, 4.69) is 6.92 Å². The Labute approximate surface area is 112 Å². The maximum absolute atomic E-state index is 6.56. The average molecular weight is 268 g/mol. The predicted octanol–water partition coefficient (Wildman–Crippen LogP) is 3.36. The lowest BCUT2D eigenvalue weighted by molar-refractivity contribution is 0.174. The smallest absolute Gasteiger partial charge is 0.231 e. The van der Waals surface area contributed by atoms with Gasteiger partial charge in [0.05, 0.1) is 5.02 Å². The summed E-state index contributed by atoms with van der Waals surface area (Å²) in [5, 5.41) is 0.680. The summed E-state index contributed by atoms with van der Waals surface area (Å²) >= 11 is 6.44. The van der Waals surface area contributed by atoms with Crippen LogP contribution in [0, 0.1) is 0 Å². The van der Waals surface area contributed by atoms with Gasteiger partial charge < -0.3 is 15.2 Å². The first-order valence-corrected chi connectivity index (χ1v) is 6.94. The Bertz CT molecular complexity index is 481. The van der Waals surface area contributed by atoms with E-state index in [0.717, 1.165) is 36.1 Å². The molecule has 1 aromatic rings. The number of halogens is 1. The van der Waals surface area contributed by atoms with Gasteiger partial charge in [0, 0.05) is 5.54 Å². The molecule has 18 heavy (non-hydrogen) atoms. The first kappa shape index (κ1) is 12.1. The van der Waals surface area contributed by atoms with E-state index < -0.39 is 0 Å². The standard InChI is InChI=1S/C14H18ClNO2/c1-2-9-10(14(16)5-3-4-6-14)7-11-13(12(9)15)18-8-17-11/h7H,2-6,8,16H2,1H3. The van der Waals surface area contributed by atoms with Gasteiger partial charge in [-0.15, -0.1) is 0 Å². The summed E-state index contributed by atoms with van der Waals surface area (Å²) in [6, 6.07) is 2.04. The van der Waals surface area contributed by atoms with E-state index in [9.17, 15) is 0 Å². The minimum Gasteiger partial charge on any atom is -0.454 e. The molecule has 0 atom stereocenters. The van der Waals surface area contributed by atoms with Crippen molar-refractivity contribution < 1.29 is 9.47 Å². The zero-order valence-electron chi connectivity index (χ0n) is 10.6. The second-order valence-electron chi connectivity index (χ2n) is 5.17. The molecule has 0 aromatic heterocycles. The molecule has 0 bridgehead atoms. The van der Waals surface area contributed by atoms with Crippen molar-refractivity contribution in [2.45, 2.75) is 44.6 Å². The minimum atomic E-state index is -0.240. The van der Waals surface area contributed by atoms with E-state index in [0.29, 0.717) is 10.8 Å². The minimum absolute atomic E-state index is 0.240. The Kier molecular flexibility index (Phi) is 2.91. The first-order chi connectivity index (χ1) is 8.65. The van der Waals surface area contributed by atoms with Crippen molar-refractivity contribution in [1.82, 2.24) is 0 Å². The number of hydrogen-bond donors (Lipinski definition) is 1. The number of hydrogen-bond acceptors (Lipinski definition) is 3. The van der Waals surface area contributed by atoms with E-state index >= 15 is 0 Å². The lowest BCUT2D eigenvalue weighted by Crippen LogP contribution is -2.34. The van der Waals surface area contributed by atoms with E-state index in [-0.39, 0.29) is 12.3 Å². The fourth-order valence-electron chi connectivity index (χ4n) is 3.11. The fourth-order valence-corrected chi connectivity index (χ4v) is 3.49. The van der Waals surface area contributed by atoms with Gasteiger partial charge in [-0.3, -0.25) is 0 Å². The number of nitrogens with two attached hydrogens (primary N) is 1. The molecule has 1 aromatic carbocycles. The molecule has 0 spiro atoms. The molecule has 0 unspecified atom stereocenters. The molecule has 1 fully saturated rings. The molecule has 1 heterocycles. The zero-order chi connectivity index (χ0) is 12.8. The summed E-state index contributed by atoms with van der Waals surface area (Å²) in [6.07, 6.45) is 5.28. The van der Waals surface area contributed by atoms with Crippen LogP contribution in [-0.2, 0) is 12.0 Å².